The highest BCUT2D eigenvalue weighted by molar-refractivity contribution is 5.89. The highest BCUT2D eigenvalue weighted by Crippen LogP contribution is 2.21. The molecule has 0 radical (unpaired) electrons. The van der Waals surface area contributed by atoms with Crippen molar-refractivity contribution >= 4 is 22.6 Å². The molecule has 0 unspecified atom stereocenters. The summed E-state index contributed by atoms with van der Waals surface area (Å²) in [6, 6.07) is 13.2. The number of fused-ring (bicyclic) bond motifs is 1. The molecule has 116 valence electrons. The van der Waals surface area contributed by atoms with Crippen LogP contribution in [0.4, 0.5) is 5.69 Å². The number of carbonyl (C=O) groups excluding carboxylic acids is 1. The number of aromatic nitrogens is 2. The molecule has 1 aromatic heterocycles. The number of nitro groups is 1. The first-order chi connectivity index (χ1) is 11.1. The highest BCUT2D eigenvalue weighted by atomic mass is 16.6. The predicted molar refractivity (Wildman–Crippen MR) is 83.5 cm³/mol. The first-order valence-electron chi connectivity index (χ1n) is 6.91. The zero-order valence-corrected chi connectivity index (χ0v) is 12.3. The molecule has 0 spiro atoms. The molecule has 0 bridgehead atoms. The molecule has 7 nitrogen and oxygen atoms in total. The van der Waals surface area contributed by atoms with E-state index >= 15 is 0 Å². The van der Waals surface area contributed by atoms with Gasteiger partial charge in [-0.1, -0.05) is 18.2 Å². The molecule has 1 heterocycles. The number of carbonyl (C=O) groups is 1. The van der Waals surface area contributed by atoms with Crippen molar-refractivity contribution in [3.05, 3.63) is 64.5 Å². The van der Waals surface area contributed by atoms with Gasteiger partial charge >= 0.3 is 0 Å². The van der Waals surface area contributed by atoms with Crippen LogP contribution in [0, 0.1) is 10.1 Å². The summed E-state index contributed by atoms with van der Waals surface area (Å²) >= 11 is 0. The lowest BCUT2D eigenvalue weighted by Gasteiger charge is -2.07. The molecular weight excluding hydrogens is 298 g/mol. The number of hydrogen-bond donors (Lipinski definition) is 0. The molecule has 23 heavy (non-hydrogen) atoms. The molecule has 0 amide bonds. The molecule has 0 atom stereocenters. The Labute approximate surface area is 131 Å². The third-order valence-electron chi connectivity index (χ3n) is 3.34. The van der Waals surface area contributed by atoms with E-state index in [1.54, 1.807) is 18.2 Å². The fourth-order valence-electron chi connectivity index (χ4n) is 2.36. The molecule has 0 aliphatic carbocycles. The number of imidazole rings is 1. The van der Waals surface area contributed by atoms with Gasteiger partial charge in [-0.2, -0.15) is 0 Å². The van der Waals surface area contributed by atoms with Gasteiger partial charge in [0.2, 0.25) is 5.91 Å². The molecule has 7 heteroatoms. The molecule has 0 aliphatic heterocycles. The second-order valence-electron chi connectivity index (χ2n) is 4.91. The van der Waals surface area contributed by atoms with Crippen LogP contribution in [0.2, 0.25) is 0 Å². The van der Waals surface area contributed by atoms with Crippen LogP contribution in [-0.4, -0.2) is 20.4 Å². The maximum absolute atomic E-state index is 11.9. The van der Waals surface area contributed by atoms with Crippen LogP contribution < -0.4 is 4.74 Å². The SMILES string of the molecule is CC(=O)n1c(COc2cccc([N+](=O)[O-])c2)nc2ccccc21. The van der Waals surface area contributed by atoms with E-state index in [-0.39, 0.29) is 18.2 Å². The Morgan fingerprint density at radius 1 is 1.26 bits per heavy atom. The second-order valence-corrected chi connectivity index (χ2v) is 4.91. The third kappa shape index (κ3) is 2.89. The van der Waals surface area contributed by atoms with E-state index in [2.05, 4.69) is 4.98 Å². The Hall–Kier alpha value is -3.22. The number of ether oxygens (including phenoxy) is 1. The minimum absolute atomic E-state index is 0.0371. The van der Waals surface area contributed by atoms with E-state index in [0.717, 1.165) is 0 Å². The van der Waals surface area contributed by atoms with E-state index < -0.39 is 4.92 Å². The van der Waals surface area contributed by atoms with Crippen LogP contribution in [0.15, 0.2) is 48.5 Å². The summed E-state index contributed by atoms with van der Waals surface area (Å²) in [4.78, 5) is 26.6. The number of nitrogens with zero attached hydrogens (tertiary/aromatic N) is 3. The summed E-state index contributed by atoms with van der Waals surface area (Å²) in [6.07, 6.45) is 0. The molecule has 0 aliphatic rings. The van der Waals surface area contributed by atoms with Gasteiger partial charge in [0.15, 0.2) is 5.82 Å². The van der Waals surface area contributed by atoms with Crippen LogP contribution >= 0.6 is 0 Å². The molecule has 2 aromatic carbocycles. The van der Waals surface area contributed by atoms with Crippen LogP contribution in [0.25, 0.3) is 11.0 Å². The fraction of sp³-hybridized carbons (Fsp3) is 0.125. The quantitative estimate of drug-likeness (QED) is 0.545. The van der Waals surface area contributed by atoms with E-state index in [0.29, 0.717) is 22.6 Å². The lowest BCUT2D eigenvalue weighted by atomic mass is 10.3. The number of hydrogen-bond acceptors (Lipinski definition) is 5. The minimum Gasteiger partial charge on any atom is -0.485 e. The first kappa shape index (κ1) is 14.7. The number of benzene rings is 2. The lowest BCUT2D eigenvalue weighted by Crippen LogP contribution is -2.12. The Morgan fingerprint density at radius 3 is 2.78 bits per heavy atom. The van der Waals surface area contributed by atoms with Crippen molar-refractivity contribution in [1.29, 1.82) is 0 Å². The van der Waals surface area contributed by atoms with Crippen molar-refractivity contribution < 1.29 is 14.5 Å². The minimum atomic E-state index is -0.488. The molecule has 0 N–H and O–H groups in total. The third-order valence-corrected chi connectivity index (χ3v) is 3.34. The van der Waals surface area contributed by atoms with Gasteiger partial charge in [0.05, 0.1) is 22.0 Å². The number of non-ortho nitro benzene ring substituents is 1. The predicted octanol–water partition coefficient (Wildman–Crippen LogP) is 3.18. The van der Waals surface area contributed by atoms with Gasteiger partial charge in [-0.25, -0.2) is 4.98 Å². The molecule has 0 saturated carbocycles. The van der Waals surface area contributed by atoms with Gasteiger partial charge in [-0.05, 0) is 18.2 Å². The standard InChI is InChI=1S/C16H13N3O4/c1-11(20)18-15-8-3-2-7-14(15)17-16(18)10-23-13-6-4-5-12(9-13)19(21)22/h2-9H,10H2,1H3. The van der Waals surface area contributed by atoms with Gasteiger partial charge < -0.3 is 4.74 Å². The second kappa shape index (κ2) is 5.88. The van der Waals surface area contributed by atoms with Crippen molar-refractivity contribution in [3.63, 3.8) is 0 Å². The van der Waals surface area contributed by atoms with Crippen LogP contribution in [0.1, 0.15) is 17.5 Å². The molecular formula is C16H13N3O4. The van der Waals surface area contributed by atoms with E-state index in [4.69, 9.17) is 4.74 Å². The normalized spacial score (nSPS) is 10.7. The van der Waals surface area contributed by atoms with Gasteiger partial charge in [-0.15, -0.1) is 0 Å². The summed E-state index contributed by atoms with van der Waals surface area (Å²) in [5.74, 6) is 0.628. The van der Waals surface area contributed by atoms with Gasteiger partial charge in [0, 0.05) is 13.0 Å². The molecule has 3 rings (SSSR count). The number of para-hydroxylation sites is 2. The van der Waals surface area contributed by atoms with E-state index in [9.17, 15) is 14.9 Å². The smallest absolute Gasteiger partial charge is 0.273 e. The Balaban J connectivity index is 1.90. The van der Waals surface area contributed by atoms with Crippen molar-refractivity contribution in [2.45, 2.75) is 13.5 Å². The maximum atomic E-state index is 11.9. The topological polar surface area (TPSA) is 87.3 Å². The summed E-state index contributed by atoms with van der Waals surface area (Å²) in [5.41, 5.74) is 1.35. The van der Waals surface area contributed by atoms with Crippen molar-refractivity contribution in [2.75, 3.05) is 0 Å². The summed E-state index contributed by atoms with van der Waals surface area (Å²) < 4.78 is 7.04. The Kier molecular flexibility index (Phi) is 3.76. The average Bonchev–Trinajstić information content (AvgIpc) is 2.91. The van der Waals surface area contributed by atoms with E-state index in [1.807, 2.05) is 18.2 Å². The van der Waals surface area contributed by atoms with Crippen LogP contribution in [0.5, 0.6) is 5.75 Å². The number of nitro benzene ring substituents is 1. The van der Waals surface area contributed by atoms with Gasteiger partial charge in [0.1, 0.15) is 12.4 Å². The van der Waals surface area contributed by atoms with E-state index in [1.165, 1.54) is 23.6 Å². The van der Waals surface area contributed by atoms with Gasteiger partial charge in [-0.3, -0.25) is 19.5 Å². The van der Waals surface area contributed by atoms with Crippen molar-refractivity contribution in [3.8, 4) is 5.75 Å². The molecule has 0 saturated heterocycles. The average molecular weight is 311 g/mol. The largest absolute Gasteiger partial charge is 0.485 e. The van der Waals surface area contributed by atoms with Crippen LogP contribution in [-0.2, 0) is 6.61 Å². The van der Waals surface area contributed by atoms with Crippen molar-refractivity contribution in [1.82, 2.24) is 9.55 Å². The lowest BCUT2D eigenvalue weighted by molar-refractivity contribution is -0.384. The summed E-state index contributed by atoms with van der Waals surface area (Å²) in [5, 5.41) is 10.8. The van der Waals surface area contributed by atoms with Crippen LogP contribution in [0.3, 0.4) is 0 Å². The zero-order valence-electron chi connectivity index (χ0n) is 12.3. The fourth-order valence-corrected chi connectivity index (χ4v) is 2.36. The maximum Gasteiger partial charge on any atom is 0.273 e. The van der Waals surface area contributed by atoms with Crippen molar-refractivity contribution in [2.24, 2.45) is 0 Å². The molecule has 3 aromatic rings. The monoisotopic (exact) mass is 311 g/mol. The van der Waals surface area contributed by atoms with Gasteiger partial charge in [0.25, 0.3) is 5.69 Å². The summed E-state index contributed by atoms with van der Waals surface area (Å²) in [6.45, 7) is 1.49. The summed E-state index contributed by atoms with van der Waals surface area (Å²) in [7, 11) is 0. The molecule has 0 fully saturated rings. The number of rotatable bonds is 4. The first-order valence-corrected chi connectivity index (χ1v) is 6.91. The zero-order chi connectivity index (χ0) is 16.4. The highest BCUT2D eigenvalue weighted by Gasteiger charge is 2.14. The Bertz CT molecular complexity index is 901. The Morgan fingerprint density at radius 2 is 2.04 bits per heavy atom.